The van der Waals surface area contributed by atoms with Crippen LogP contribution in [0.2, 0.25) is 0 Å². The number of nitrogens with zero attached hydrogens (tertiary/aromatic N) is 2. The van der Waals surface area contributed by atoms with Crippen molar-refractivity contribution in [3.8, 4) is 5.75 Å². The minimum Gasteiger partial charge on any atom is -0.483 e. The fourth-order valence-electron chi connectivity index (χ4n) is 1.58. The van der Waals surface area contributed by atoms with Crippen molar-refractivity contribution in [1.29, 1.82) is 0 Å². The number of benzene rings is 1. The molecule has 5 heteroatoms. The van der Waals surface area contributed by atoms with E-state index in [2.05, 4.69) is 9.97 Å². The van der Waals surface area contributed by atoms with Gasteiger partial charge in [0, 0.05) is 11.8 Å². The Kier molecular flexibility index (Phi) is 3.41. The van der Waals surface area contributed by atoms with Crippen molar-refractivity contribution in [2.24, 2.45) is 0 Å². The first-order chi connectivity index (χ1) is 8.54. The zero-order valence-corrected chi connectivity index (χ0v) is 10.3. The second-order valence-corrected chi connectivity index (χ2v) is 4.07. The molecule has 18 heavy (non-hydrogen) atoms. The molecule has 0 saturated heterocycles. The Labute approximate surface area is 105 Å². The molecule has 0 aliphatic rings. The van der Waals surface area contributed by atoms with Crippen LogP contribution in [-0.2, 0) is 6.61 Å². The van der Waals surface area contributed by atoms with Crippen LogP contribution in [0, 0.1) is 19.7 Å². The Morgan fingerprint density at radius 2 is 2.00 bits per heavy atom. The highest BCUT2D eigenvalue weighted by molar-refractivity contribution is 5.31. The molecule has 0 saturated carbocycles. The maximum absolute atomic E-state index is 13.4. The number of rotatable bonds is 3. The average molecular weight is 247 g/mol. The number of ether oxygens (including phenoxy) is 1. The Morgan fingerprint density at radius 3 is 2.72 bits per heavy atom. The Morgan fingerprint density at radius 1 is 1.22 bits per heavy atom. The topological polar surface area (TPSA) is 61.0 Å². The molecule has 0 bridgehead atoms. The third kappa shape index (κ3) is 2.94. The monoisotopic (exact) mass is 247 g/mol. The highest BCUT2D eigenvalue weighted by atomic mass is 19.1. The van der Waals surface area contributed by atoms with Gasteiger partial charge in [0.1, 0.15) is 12.4 Å². The molecule has 0 radical (unpaired) electrons. The van der Waals surface area contributed by atoms with Crippen LogP contribution in [0.15, 0.2) is 24.3 Å². The van der Waals surface area contributed by atoms with Crippen LogP contribution in [0.1, 0.15) is 17.1 Å². The van der Waals surface area contributed by atoms with Gasteiger partial charge >= 0.3 is 0 Å². The van der Waals surface area contributed by atoms with Crippen molar-refractivity contribution in [3.05, 3.63) is 47.2 Å². The Bertz CT molecular complexity index is 552. The second-order valence-electron chi connectivity index (χ2n) is 4.07. The van der Waals surface area contributed by atoms with E-state index in [1.54, 1.807) is 18.2 Å². The first kappa shape index (κ1) is 12.3. The van der Waals surface area contributed by atoms with E-state index in [0.29, 0.717) is 11.6 Å². The molecule has 2 aromatic rings. The predicted molar refractivity (Wildman–Crippen MR) is 66.7 cm³/mol. The largest absolute Gasteiger partial charge is 0.483 e. The summed E-state index contributed by atoms with van der Waals surface area (Å²) in [7, 11) is 0. The number of aryl methyl sites for hydroxylation is 2. The van der Waals surface area contributed by atoms with Crippen molar-refractivity contribution in [3.63, 3.8) is 0 Å². The van der Waals surface area contributed by atoms with E-state index in [4.69, 9.17) is 10.5 Å². The van der Waals surface area contributed by atoms with E-state index in [1.165, 1.54) is 6.07 Å². The van der Waals surface area contributed by atoms with E-state index in [1.807, 2.05) is 13.8 Å². The Balaban J connectivity index is 2.13. The summed E-state index contributed by atoms with van der Waals surface area (Å²) >= 11 is 0. The van der Waals surface area contributed by atoms with Gasteiger partial charge in [0.15, 0.2) is 17.4 Å². The van der Waals surface area contributed by atoms with Crippen LogP contribution in [0.25, 0.3) is 0 Å². The van der Waals surface area contributed by atoms with E-state index >= 15 is 0 Å². The quantitative estimate of drug-likeness (QED) is 0.904. The molecule has 94 valence electrons. The third-order valence-electron chi connectivity index (χ3n) is 2.36. The zero-order valence-electron chi connectivity index (χ0n) is 10.3. The predicted octanol–water partition coefficient (Wildman–Crippen LogP) is 2.39. The van der Waals surface area contributed by atoms with Crippen molar-refractivity contribution in [2.75, 3.05) is 5.73 Å². The molecule has 1 aromatic heterocycles. The maximum atomic E-state index is 13.4. The first-order valence-corrected chi connectivity index (χ1v) is 5.53. The highest BCUT2D eigenvalue weighted by Crippen LogP contribution is 2.19. The SMILES string of the molecule is Cc1ccc(F)c(OCc2nc(C)cc(N)n2)c1. The van der Waals surface area contributed by atoms with Crippen LogP contribution in [0.3, 0.4) is 0 Å². The summed E-state index contributed by atoms with van der Waals surface area (Å²) < 4.78 is 18.8. The highest BCUT2D eigenvalue weighted by Gasteiger charge is 2.06. The van der Waals surface area contributed by atoms with Gasteiger partial charge in [-0.3, -0.25) is 0 Å². The van der Waals surface area contributed by atoms with Crippen LogP contribution >= 0.6 is 0 Å². The van der Waals surface area contributed by atoms with Gasteiger partial charge in [-0.1, -0.05) is 6.07 Å². The van der Waals surface area contributed by atoms with Gasteiger partial charge in [-0.2, -0.15) is 0 Å². The number of hydrogen-bond donors (Lipinski definition) is 1. The number of halogens is 1. The summed E-state index contributed by atoms with van der Waals surface area (Å²) in [6.45, 7) is 3.77. The molecule has 0 spiro atoms. The fourth-order valence-corrected chi connectivity index (χ4v) is 1.58. The van der Waals surface area contributed by atoms with Gasteiger partial charge in [-0.05, 0) is 31.5 Å². The molecule has 0 amide bonds. The van der Waals surface area contributed by atoms with Gasteiger partial charge in [-0.15, -0.1) is 0 Å². The molecule has 0 fully saturated rings. The summed E-state index contributed by atoms with van der Waals surface area (Å²) in [5, 5.41) is 0. The van der Waals surface area contributed by atoms with Gasteiger partial charge < -0.3 is 10.5 Å². The van der Waals surface area contributed by atoms with Crippen LogP contribution < -0.4 is 10.5 Å². The molecule has 0 aliphatic carbocycles. The van der Waals surface area contributed by atoms with Crippen molar-refractivity contribution in [2.45, 2.75) is 20.5 Å². The lowest BCUT2D eigenvalue weighted by molar-refractivity contribution is 0.280. The maximum Gasteiger partial charge on any atom is 0.168 e. The number of hydrogen-bond acceptors (Lipinski definition) is 4. The molecule has 2 N–H and O–H groups in total. The lowest BCUT2D eigenvalue weighted by atomic mass is 10.2. The summed E-state index contributed by atoms with van der Waals surface area (Å²) in [6, 6.07) is 6.35. The molecule has 0 atom stereocenters. The third-order valence-corrected chi connectivity index (χ3v) is 2.36. The lowest BCUT2D eigenvalue weighted by Crippen LogP contribution is -2.06. The minimum atomic E-state index is -0.402. The van der Waals surface area contributed by atoms with Crippen molar-refractivity contribution in [1.82, 2.24) is 9.97 Å². The van der Waals surface area contributed by atoms with E-state index < -0.39 is 5.82 Å². The summed E-state index contributed by atoms with van der Waals surface area (Å²) in [5.74, 6) is 0.610. The summed E-state index contributed by atoms with van der Waals surface area (Å²) in [4.78, 5) is 8.18. The molecular formula is C13H14FN3O. The van der Waals surface area contributed by atoms with Crippen molar-refractivity contribution < 1.29 is 9.13 Å². The smallest absolute Gasteiger partial charge is 0.168 e. The lowest BCUT2D eigenvalue weighted by Gasteiger charge is -2.08. The van der Waals surface area contributed by atoms with Crippen LogP contribution in [0.5, 0.6) is 5.75 Å². The molecule has 1 aromatic carbocycles. The van der Waals surface area contributed by atoms with Crippen LogP contribution in [0.4, 0.5) is 10.2 Å². The number of nitrogens with two attached hydrogens (primary N) is 1. The van der Waals surface area contributed by atoms with Gasteiger partial charge in [0.25, 0.3) is 0 Å². The Hall–Kier alpha value is -2.17. The fraction of sp³-hybridized carbons (Fsp3) is 0.231. The normalized spacial score (nSPS) is 10.4. The molecule has 4 nitrogen and oxygen atoms in total. The average Bonchev–Trinajstić information content (AvgIpc) is 2.29. The van der Waals surface area contributed by atoms with Crippen LogP contribution in [-0.4, -0.2) is 9.97 Å². The van der Waals surface area contributed by atoms with E-state index in [-0.39, 0.29) is 12.4 Å². The van der Waals surface area contributed by atoms with Crippen molar-refractivity contribution >= 4 is 5.82 Å². The summed E-state index contributed by atoms with van der Waals surface area (Å²) in [6.07, 6.45) is 0. The van der Waals surface area contributed by atoms with Gasteiger partial charge in [0.2, 0.25) is 0 Å². The molecule has 1 heterocycles. The second kappa shape index (κ2) is 5.00. The summed E-state index contributed by atoms with van der Waals surface area (Å²) in [5.41, 5.74) is 7.28. The molecular weight excluding hydrogens is 233 g/mol. The van der Waals surface area contributed by atoms with Gasteiger partial charge in [0.05, 0.1) is 0 Å². The molecule has 0 unspecified atom stereocenters. The number of aromatic nitrogens is 2. The zero-order chi connectivity index (χ0) is 13.1. The molecule has 0 aliphatic heterocycles. The van der Waals surface area contributed by atoms with Gasteiger partial charge in [-0.25, -0.2) is 14.4 Å². The standard InChI is InChI=1S/C13H14FN3O/c1-8-3-4-10(14)11(5-8)18-7-13-16-9(2)6-12(15)17-13/h3-6H,7H2,1-2H3,(H2,15,16,17). The molecule has 2 rings (SSSR count). The first-order valence-electron chi connectivity index (χ1n) is 5.53. The van der Waals surface area contributed by atoms with E-state index in [0.717, 1.165) is 11.3 Å². The van der Waals surface area contributed by atoms with E-state index in [9.17, 15) is 4.39 Å². The number of anilines is 1. The number of nitrogen functional groups attached to an aromatic ring is 1. The minimum absolute atomic E-state index is 0.0895.